The number of hydrogen-bond acceptors (Lipinski definition) is 2. The van der Waals surface area contributed by atoms with Crippen LogP contribution in [-0.2, 0) is 9.59 Å². The van der Waals surface area contributed by atoms with Crippen LogP contribution >= 0.6 is 0 Å². The third-order valence-corrected chi connectivity index (χ3v) is 2.65. The lowest BCUT2D eigenvalue weighted by Gasteiger charge is -2.18. The summed E-state index contributed by atoms with van der Waals surface area (Å²) in [5.41, 5.74) is 0. The van der Waals surface area contributed by atoms with Crippen molar-refractivity contribution in [1.29, 1.82) is 0 Å². The fourth-order valence-electron chi connectivity index (χ4n) is 1.60. The first-order valence-electron chi connectivity index (χ1n) is 6.47. The van der Waals surface area contributed by atoms with Crippen LogP contribution in [0.15, 0.2) is 25.3 Å². The Balaban J connectivity index is 4.06. The zero-order valence-corrected chi connectivity index (χ0v) is 11.2. The van der Waals surface area contributed by atoms with E-state index in [2.05, 4.69) is 30.7 Å². The maximum absolute atomic E-state index is 11.3. The molecule has 0 aliphatic carbocycles. The second-order valence-electron chi connectivity index (χ2n) is 4.21. The second-order valence-corrected chi connectivity index (χ2v) is 4.21. The number of rotatable bonds is 10. The predicted octanol–water partition coefficient (Wildman–Crippen LogP) is 1.93. The van der Waals surface area contributed by atoms with E-state index < -0.39 is 0 Å². The first-order valence-corrected chi connectivity index (χ1v) is 6.47. The van der Waals surface area contributed by atoms with Crippen molar-refractivity contribution in [2.45, 2.75) is 45.1 Å². The van der Waals surface area contributed by atoms with Gasteiger partial charge in [0.1, 0.15) is 0 Å². The Labute approximate surface area is 110 Å². The van der Waals surface area contributed by atoms with Gasteiger partial charge in [-0.2, -0.15) is 0 Å². The van der Waals surface area contributed by atoms with Gasteiger partial charge in [0.25, 0.3) is 0 Å². The minimum Gasteiger partial charge on any atom is -0.351 e. The molecule has 2 N–H and O–H groups in total. The summed E-state index contributed by atoms with van der Waals surface area (Å²) in [6.45, 7) is 9.39. The summed E-state index contributed by atoms with van der Waals surface area (Å²) >= 11 is 0. The molecule has 0 fully saturated rings. The number of amides is 2. The van der Waals surface area contributed by atoms with Crippen LogP contribution < -0.4 is 10.6 Å². The molecule has 2 amide bonds. The molecule has 4 nitrogen and oxygen atoms in total. The Bertz CT molecular complexity index is 288. The van der Waals surface area contributed by atoms with Gasteiger partial charge in [0, 0.05) is 12.6 Å². The molecule has 0 aromatic rings. The van der Waals surface area contributed by atoms with Gasteiger partial charge in [-0.1, -0.05) is 45.8 Å². The molecule has 0 heterocycles. The smallest absolute Gasteiger partial charge is 0.243 e. The highest BCUT2D eigenvalue weighted by Crippen LogP contribution is 2.05. The lowest BCUT2D eigenvalue weighted by molar-refractivity contribution is -0.119. The Morgan fingerprint density at radius 3 is 2.33 bits per heavy atom. The van der Waals surface area contributed by atoms with E-state index in [4.69, 9.17) is 0 Å². The first-order chi connectivity index (χ1) is 8.63. The molecular weight excluding hydrogens is 228 g/mol. The van der Waals surface area contributed by atoms with E-state index in [1.165, 1.54) is 25.0 Å². The lowest BCUT2D eigenvalue weighted by atomic mass is 10.1. The highest BCUT2D eigenvalue weighted by molar-refractivity contribution is 5.88. The normalized spacial score (nSPS) is 11.4. The van der Waals surface area contributed by atoms with Gasteiger partial charge in [-0.15, -0.1) is 0 Å². The van der Waals surface area contributed by atoms with Crippen LogP contribution in [0, 0.1) is 0 Å². The summed E-state index contributed by atoms with van der Waals surface area (Å²) in [5, 5.41) is 5.51. The standard InChI is InChI=1S/C14H24N2O2/c1-4-7-8-9-10-12(16-14(18)6-3)11-15-13(17)5-2/h5-6,12H,2-4,7-11H2,1H3,(H,15,17)(H,16,18). The zero-order chi connectivity index (χ0) is 13.8. The summed E-state index contributed by atoms with van der Waals surface area (Å²) in [6, 6.07) is -0.0451. The topological polar surface area (TPSA) is 58.2 Å². The Morgan fingerprint density at radius 2 is 1.78 bits per heavy atom. The van der Waals surface area contributed by atoms with Gasteiger partial charge in [-0.3, -0.25) is 9.59 Å². The fraction of sp³-hybridized carbons (Fsp3) is 0.571. The SMILES string of the molecule is C=CC(=O)NCC(CCCCCC)NC(=O)C=C. The molecule has 0 aromatic carbocycles. The predicted molar refractivity (Wildman–Crippen MR) is 74.1 cm³/mol. The average Bonchev–Trinajstić information content (AvgIpc) is 2.39. The summed E-state index contributed by atoms with van der Waals surface area (Å²) in [5.74, 6) is -0.426. The van der Waals surface area contributed by atoms with Gasteiger partial charge in [-0.25, -0.2) is 0 Å². The van der Waals surface area contributed by atoms with Crippen molar-refractivity contribution in [3.8, 4) is 0 Å². The van der Waals surface area contributed by atoms with Crippen molar-refractivity contribution < 1.29 is 9.59 Å². The van der Waals surface area contributed by atoms with Crippen LogP contribution in [0.25, 0.3) is 0 Å². The van der Waals surface area contributed by atoms with E-state index >= 15 is 0 Å². The third-order valence-electron chi connectivity index (χ3n) is 2.65. The number of carbonyl (C=O) groups excluding carboxylic acids is 2. The molecule has 1 atom stereocenters. The maximum Gasteiger partial charge on any atom is 0.243 e. The van der Waals surface area contributed by atoms with E-state index in [9.17, 15) is 9.59 Å². The maximum atomic E-state index is 11.3. The van der Waals surface area contributed by atoms with E-state index in [1.54, 1.807) is 0 Å². The number of unbranched alkanes of at least 4 members (excludes halogenated alkanes) is 3. The molecule has 0 rings (SSSR count). The van der Waals surface area contributed by atoms with Crippen LogP contribution in [-0.4, -0.2) is 24.4 Å². The molecule has 0 bridgehead atoms. The average molecular weight is 252 g/mol. The van der Waals surface area contributed by atoms with E-state index in [0.29, 0.717) is 6.54 Å². The van der Waals surface area contributed by atoms with Gasteiger partial charge in [0.2, 0.25) is 11.8 Å². The molecule has 0 radical (unpaired) electrons. The number of hydrogen-bond donors (Lipinski definition) is 2. The molecule has 4 heteroatoms. The third kappa shape index (κ3) is 8.56. The van der Waals surface area contributed by atoms with Gasteiger partial charge in [-0.05, 0) is 18.6 Å². The van der Waals surface area contributed by atoms with Crippen LogP contribution in [0.3, 0.4) is 0 Å². The molecule has 0 aromatic heterocycles. The zero-order valence-electron chi connectivity index (χ0n) is 11.2. The monoisotopic (exact) mass is 252 g/mol. The highest BCUT2D eigenvalue weighted by atomic mass is 16.2. The van der Waals surface area contributed by atoms with E-state index in [1.807, 2.05) is 0 Å². The van der Waals surface area contributed by atoms with Crippen LogP contribution in [0.4, 0.5) is 0 Å². The summed E-state index contributed by atoms with van der Waals surface area (Å²) in [4.78, 5) is 22.3. The minimum absolute atomic E-state index is 0.0451. The molecule has 102 valence electrons. The van der Waals surface area contributed by atoms with Crippen LogP contribution in [0.2, 0.25) is 0 Å². The Morgan fingerprint density at radius 1 is 1.11 bits per heavy atom. The molecule has 1 unspecified atom stereocenters. The quantitative estimate of drug-likeness (QED) is 0.461. The molecule has 0 saturated carbocycles. The molecule has 0 aliphatic heterocycles. The number of nitrogens with one attached hydrogen (secondary N) is 2. The van der Waals surface area contributed by atoms with Gasteiger partial charge in [0.15, 0.2) is 0 Å². The van der Waals surface area contributed by atoms with Crippen LogP contribution in [0.5, 0.6) is 0 Å². The first kappa shape index (κ1) is 16.4. The van der Waals surface area contributed by atoms with Crippen molar-refractivity contribution in [3.63, 3.8) is 0 Å². The summed E-state index contributed by atoms with van der Waals surface area (Å²) < 4.78 is 0. The molecule has 18 heavy (non-hydrogen) atoms. The van der Waals surface area contributed by atoms with E-state index in [0.717, 1.165) is 19.3 Å². The van der Waals surface area contributed by atoms with Crippen molar-refractivity contribution in [1.82, 2.24) is 10.6 Å². The largest absolute Gasteiger partial charge is 0.351 e. The van der Waals surface area contributed by atoms with Crippen molar-refractivity contribution >= 4 is 11.8 Å². The summed E-state index contributed by atoms with van der Waals surface area (Å²) in [7, 11) is 0. The van der Waals surface area contributed by atoms with E-state index in [-0.39, 0.29) is 17.9 Å². The van der Waals surface area contributed by atoms with Crippen molar-refractivity contribution in [2.24, 2.45) is 0 Å². The highest BCUT2D eigenvalue weighted by Gasteiger charge is 2.10. The van der Waals surface area contributed by atoms with Crippen molar-refractivity contribution in [3.05, 3.63) is 25.3 Å². The van der Waals surface area contributed by atoms with Crippen LogP contribution in [0.1, 0.15) is 39.0 Å². The molecule has 0 aliphatic rings. The van der Waals surface area contributed by atoms with Gasteiger partial charge in [0.05, 0.1) is 0 Å². The molecule has 0 spiro atoms. The summed E-state index contributed by atoms with van der Waals surface area (Å²) in [6.07, 6.45) is 7.89. The second kappa shape index (κ2) is 10.6. The lowest BCUT2D eigenvalue weighted by Crippen LogP contribution is -2.42. The van der Waals surface area contributed by atoms with Gasteiger partial charge < -0.3 is 10.6 Å². The number of carbonyl (C=O) groups is 2. The van der Waals surface area contributed by atoms with Gasteiger partial charge >= 0.3 is 0 Å². The molecule has 0 saturated heterocycles. The molecular formula is C14H24N2O2. The van der Waals surface area contributed by atoms with Crippen molar-refractivity contribution in [2.75, 3.05) is 6.54 Å². The Kier molecular flexibility index (Phi) is 9.64. The minimum atomic E-state index is -0.221. The Hall–Kier alpha value is -1.58. The fourth-order valence-corrected chi connectivity index (χ4v) is 1.60.